The maximum absolute atomic E-state index is 10.3. The Morgan fingerprint density at radius 1 is 1.75 bits per heavy atom. The molecular weight excluding hydrogens is 162 g/mol. The van der Waals surface area contributed by atoms with Gasteiger partial charge in [-0.1, -0.05) is 6.92 Å². The Bertz CT molecular complexity index is 232. The number of hydrogen-bond donors (Lipinski definition) is 1. The van der Waals surface area contributed by atoms with Crippen LogP contribution in [0.3, 0.4) is 0 Å². The van der Waals surface area contributed by atoms with Gasteiger partial charge in [-0.05, 0) is 11.6 Å². The van der Waals surface area contributed by atoms with Crippen molar-refractivity contribution < 1.29 is 14.7 Å². The van der Waals surface area contributed by atoms with E-state index in [1.807, 2.05) is 0 Å². The zero-order valence-corrected chi connectivity index (χ0v) is 6.60. The summed E-state index contributed by atoms with van der Waals surface area (Å²) in [5, 5.41) is 10.8. The molecule has 0 fully saturated rings. The molecule has 1 N–H and O–H groups in total. The molecule has 0 saturated heterocycles. The van der Waals surface area contributed by atoms with Crippen molar-refractivity contribution in [2.24, 2.45) is 5.18 Å². The minimum Gasteiger partial charge on any atom is -0.479 e. The first-order chi connectivity index (χ1) is 5.67. The lowest BCUT2D eigenvalue weighted by Crippen LogP contribution is -2.28. The molecule has 0 spiro atoms. The molecule has 0 aromatic carbocycles. The van der Waals surface area contributed by atoms with Crippen molar-refractivity contribution in [1.29, 1.82) is 0 Å². The zero-order valence-electron chi connectivity index (χ0n) is 6.60. The molecule has 0 bridgehead atoms. The molecule has 6 nitrogen and oxygen atoms in total. The van der Waals surface area contributed by atoms with E-state index in [0.717, 1.165) is 0 Å². The highest BCUT2D eigenvalue weighted by Crippen LogP contribution is 1.99. The Hall–Kier alpha value is -1.55. The second kappa shape index (κ2) is 5.15. The maximum Gasteiger partial charge on any atom is 0.344 e. The summed E-state index contributed by atoms with van der Waals surface area (Å²) in [6, 6.07) is -1.56. The fraction of sp³-hybridized carbons (Fsp3) is 0.667. The topological polar surface area (TPSA) is 103 Å². The lowest BCUT2D eigenvalue weighted by atomic mass is 10.1. The quantitative estimate of drug-likeness (QED) is 0.284. The normalized spacial score (nSPS) is 11.4. The number of carbonyl (C=O) groups is 1. The second-order valence-electron chi connectivity index (χ2n) is 2.19. The Morgan fingerprint density at radius 2 is 2.33 bits per heavy atom. The number of aliphatic carboxylic acids is 1. The van der Waals surface area contributed by atoms with Crippen molar-refractivity contribution in [3.05, 3.63) is 10.4 Å². The van der Waals surface area contributed by atoms with Crippen molar-refractivity contribution in [2.45, 2.75) is 25.8 Å². The van der Waals surface area contributed by atoms with Crippen molar-refractivity contribution in [2.75, 3.05) is 0 Å². The summed E-state index contributed by atoms with van der Waals surface area (Å²) in [5.41, 5.74) is 8.22. The summed E-state index contributed by atoms with van der Waals surface area (Å²) >= 11 is 0. The number of hydrogen-bond acceptors (Lipinski definition) is 3. The summed E-state index contributed by atoms with van der Waals surface area (Å²) in [4.78, 5) is 23.0. The van der Waals surface area contributed by atoms with Crippen LogP contribution in [0.4, 0.5) is 0 Å². The van der Waals surface area contributed by atoms with Crippen LogP contribution in [0.15, 0.2) is 5.18 Å². The van der Waals surface area contributed by atoms with E-state index in [1.54, 1.807) is 6.92 Å². The molecule has 6 heteroatoms. The van der Waals surface area contributed by atoms with Crippen LogP contribution in [-0.2, 0) is 4.79 Å². The highest BCUT2D eigenvalue weighted by molar-refractivity contribution is 6.02. The highest BCUT2D eigenvalue weighted by atomic mass is 16.4. The monoisotopic (exact) mass is 171 g/mol. The summed E-state index contributed by atoms with van der Waals surface area (Å²) in [5.74, 6) is -1.40. The van der Waals surface area contributed by atoms with E-state index in [-0.39, 0.29) is 12.1 Å². The minimum atomic E-state index is -1.56. The summed E-state index contributed by atoms with van der Waals surface area (Å²) < 4.78 is 0. The van der Waals surface area contributed by atoms with E-state index < -0.39 is 12.0 Å². The van der Waals surface area contributed by atoms with Gasteiger partial charge in [0, 0.05) is 6.42 Å². The molecule has 0 aromatic rings. The van der Waals surface area contributed by atoms with Gasteiger partial charge in [-0.2, -0.15) is 4.79 Å². The Balaban J connectivity index is 4.57. The van der Waals surface area contributed by atoms with Crippen LogP contribution < -0.4 is 0 Å². The largest absolute Gasteiger partial charge is 0.479 e. The van der Waals surface area contributed by atoms with Crippen molar-refractivity contribution in [3.63, 3.8) is 0 Å². The van der Waals surface area contributed by atoms with E-state index in [1.165, 1.54) is 0 Å². The molecular formula is C6H9N3O3. The second-order valence-corrected chi connectivity index (χ2v) is 2.19. The molecule has 0 aliphatic carbocycles. The molecule has 1 unspecified atom stereocenters. The van der Waals surface area contributed by atoms with Gasteiger partial charge in [0.1, 0.15) is 0 Å². The predicted molar refractivity (Wildman–Crippen MR) is 40.8 cm³/mol. The van der Waals surface area contributed by atoms with Crippen LogP contribution in [-0.4, -0.2) is 27.6 Å². The first-order valence-electron chi connectivity index (χ1n) is 3.43. The van der Waals surface area contributed by atoms with E-state index in [2.05, 4.69) is 9.97 Å². The molecule has 0 radical (unpaired) electrons. The third-order valence-corrected chi connectivity index (χ3v) is 1.29. The number of nitrogens with zero attached hydrogens (tertiary/aromatic N) is 3. The standard InChI is InChI=1S/C6H9N3O3/c1-2-3-4(8-7)5(9-12)6(10)11/h5H,2-3H2,1H3,(H,10,11). The first-order valence-corrected chi connectivity index (χ1v) is 3.43. The number of rotatable bonds is 5. The maximum atomic E-state index is 10.3. The molecule has 0 aliphatic heterocycles. The smallest absolute Gasteiger partial charge is 0.344 e. The van der Waals surface area contributed by atoms with Gasteiger partial charge in [0.15, 0.2) is 0 Å². The Kier molecular flexibility index (Phi) is 4.48. The fourth-order valence-corrected chi connectivity index (χ4v) is 0.746. The highest BCUT2D eigenvalue weighted by Gasteiger charge is 2.31. The summed E-state index contributed by atoms with van der Waals surface area (Å²) in [6.07, 6.45) is 0.845. The molecule has 0 heterocycles. The predicted octanol–water partition coefficient (Wildman–Crippen LogP) is 0.677. The average Bonchev–Trinajstić information content (AvgIpc) is 2.03. The molecule has 0 aromatic heterocycles. The van der Waals surface area contributed by atoms with Gasteiger partial charge in [0.25, 0.3) is 6.04 Å². The van der Waals surface area contributed by atoms with Gasteiger partial charge >= 0.3 is 11.7 Å². The number of nitroso groups, excluding NO2 is 1. The Morgan fingerprint density at radius 3 is 2.58 bits per heavy atom. The lowest BCUT2D eigenvalue weighted by molar-refractivity contribution is -0.137. The van der Waals surface area contributed by atoms with Crippen LogP contribution in [0.5, 0.6) is 0 Å². The van der Waals surface area contributed by atoms with Gasteiger partial charge in [-0.25, -0.2) is 4.79 Å². The molecule has 0 aliphatic rings. The third kappa shape index (κ3) is 2.59. The molecule has 12 heavy (non-hydrogen) atoms. The van der Waals surface area contributed by atoms with E-state index in [0.29, 0.717) is 6.42 Å². The fourth-order valence-electron chi connectivity index (χ4n) is 0.746. The van der Waals surface area contributed by atoms with E-state index in [9.17, 15) is 9.70 Å². The van der Waals surface area contributed by atoms with Crippen LogP contribution in [0, 0.1) is 4.91 Å². The summed E-state index contributed by atoms with van der Waals surface area (Å²) in [7, 11) is 0. The SMILES string of the molecule is CCCC(=[N+]=[N-])C(N=O)C(=O)O. The van der Waals surface area contributed by atoms with E-state index >= 15 is 0 Å². The van der Waals surface area contributed by atoms with Crippen LogP contribution >= 0.6 is 0 Å². The van der Waals surface area contributed by atoms with Crippen LogP contribution in [0.25, 0.3) is 5.53 Å². The summed E-state index contributed by atoms with van der Waals surface area (Å²) in [6.45, 7) is 1.77. The molecule has 0 saturated carbocycles. The number of carboxylic acids is 1. The van der Waals surface area contributed by atoms with Crippen LogP contribution in [0.2, 0.25) is 0 Å². The zero-order chi connectivity index (χ0) is 9.56. The molecule has 1 atom stereocenters. The lowest BCUT2D eigenvalue weighted by Gasteiger charge is -1.95. The molecule has 66 valence electrons. The van der Waals surface area contributed by atoms with Crippen molar-refractivity contribution >= 4 is 11.7 Å². The van der Waals surface area contributed by atoms with Gasteiger partial charge in [0.05, 0.1) is 0 Å². The molecule has 0 rings (SSSR count). The molecule has 0 amide bonds. The first kappa shape index (κ1) is 10.4. The van der Waals surface area contributed by atoms with Crippen molar-refractivity contribution in [1.82, 2.24) is 0 Å². The Labute approximate surface area is 68.8 Å². The van der Waals surface area contributed by atoms with Crippen molar-refractivity contribution in [3.8, 4) is 0 Å². The number of carboxylic acid groups (broad SMARTS) is 1. The van der Waals surface area contributed by atoms with Gasteiger partial charge < -0.3 is 10.6 Å². The minimum absolute atomic E-state index is 0.111. The average molecular weight is 171 g/mol. The van der Waals surface area contributed by atoms with E-state index in [4.69, 9.17) is 10.6 Å². The van der Waals surface area contributed by atoms with Gasteiger partial charge in [0.2, 0.25) is 0 Å². The van der Waals surface area contributed by atoms with Gasteiger partial charge in [-0.3, -0.25) is 0 Å². The third-order valence-electron chi connectivity index (χ3n) is 1.29. The van der Waals surface area contributed by atoms with Gasteiger partial charge in [-0.15, -0.1) is 4.91 Å². The van der Waals surface area contributed by atoms with Crippen LogP contribution in [0.1, 0.15) is 19.8 Å².